The minimum absolute atomic E-state index is 0.0412. The van der Waals surface area contributed by atoms with E-state index in [0.717, 1.165) is 4.90 Å². The summed E-state index contributed by atoms with van der Waals surface area (Å²) in [5, 5.41) is 6.01. The van der Waals surface area contributed by atoms with Crippen molar-refractivity contribution in [1.82, 2.24) is 15.5 Å². The topological polar surface area (TPSA) is 122 Å². The van der Waals surface area contributed by atoms with Gasteiger partial charge >= 0.3 is 177 Å². The minimum atomic E-state index is -1.71. The second kappa shape index (κ2) is 13.6. The van der Waals surface area contributed by atoms with Crippen molar-refractivity contribution in [1.29, 1.82) is 0 Å². The fourth-order valence-corrected chi connectivity index (χ4v) is 5.03. The van der Waals surface area contributed by atoms with Gasteiger partial charge in [-0.25, -0.2) is 0 Å². The number of amides is 4. The van der Waals surface area contributed by atoms with Crippen molar-refractivity contribution in [2.24, 2.45) is 17.1 Å². The number of hydrogen-bond acceptors (Lipinski definition) is 6. The van der Waals surface area contributed by atoms with E-state index in [1.165, 1.54) is 7.05 Å². The van der Waals surface area contributed by atoms with E-state index in [0.29, 0.717) is 31.0 Å². The Bertz CT molecular complexity index is 667. The summed E-state index contributed by atoms with van der Waals surface area (Å²) in [5.41, 5.74) is 9.52. The maximum absolute atomic E-state index is 13.3. The van der Waals surface area contributed by atoms with Crippen LogP contribution in [0.25, 0.3) is 0 Å². The number of likely N-dealkylation sites (N-methyl/N-ethyl adjacent to an activating group) is 1. The molecule has 0 radical (unpaired) electrons. The predicted octanol–water partition coefficient (Wildman–Crippen LogP) is 2.17. The molecule has 4 N–H and O–H groups in total. The summed E-state index contributed by atoms with van der Waals surface area (Å²) < 4.78 is 0. The zero-order chi connectivity index (χ0) is 25.3. The first-order valence-corrected chi connectivity index (χ1v) is 16.6. The fourth-order valence-electron chi connectivity index (χ4n) is 3.27. The van der Waals surface area contributed by atoms with E-state index in [1.54, 1.807) is 20.8 Å². The molecular weight excluding hydrogens is 491 g/mol. The molecule has 0 heterocycles. The molecule has 8 nitrogen and oxygen atoms in total. The third kappa shape index (κ3) is 9.06. The molecule has 0 aliphatic heterocycles. The normalized spacial score (nSPS) is 14.6. The van der Waals surface area contributed by atoms with Crippen molar-refractivity contribution in [2.75, 3.05) is 13.6 Å². The Labute approximate surface area is 203 Å². The molecule has 0 aliphatic rings. The van der Waals surface area contributed by atoms with Crippen molar-refractivity contribution >= 4 is 50.9 Å². The van der Waals surface area contributed by atoms with Gasteiger partial charge in [0.1, 0.15) is 0 Å². The average Bonchev–Trinajstić information content (AvgIpc) is 2.64. The average molecular weight is 535 g/mol. The summed E-state index contributed by atoms with van der Waals surface area (Å²) in [7, 11) is 1.45. The number of nitrogens with zero attached hydrogens (tertiary/aromatic N) is 1. The van der Waals surface area contributed by atoms with E-state index in [9.17, 15) is 19.2 Å². The number of nitrogens with one attached hydrogen (secondary N) is 2. The van der Waals surface area contributed by atoms with Crippen molar-refractivity contribution in [3.05, 3.63) is 0 Å². The van der Waals surface area contributed by atoms with Gasteiger partial charge in [-0.15, -0.1) is 0 Å². The van der Waals surface area contributed by atoms with Crippen LogP contribution in [-0.2, 0) is 19.2 Å². The Morgan fingerprint density at radius 2 is 1.66 bits per heavy atom. The van der Waals surface area contributed by atoms with Gasteiger partial charge in [-0.05, 0) is 5.92 Å². The quantitative estimate of drug-likeness (QED) is 0.132. The molecule has 10 heteroatoms. The molecule has 0 unspecified atom stereocenters. The zero-order valence-corrected chi connectivity index (χ0v) is 23.7. The molecule has 0 aliphatic carbocycles. The van der Waals surface area contributed by atoms with Gasteiger partial charge in [0.2, 0.25) is 0 Å². The third-order valence-electron chi connectivity index (χ3n) is 5.02. The van der Waals surface area contributed by atoms with Crippen molar-refractivity contribution in [3.8, 4) is 0 Å². The predicted molar refractivity (Wildman–Crippen MR) is 134 cm³/mol. The van der Waals surface area contributed by atoms with Crippen LogP contribution >= 0.6 is 12.6 Å². The number of imide groups is 1. The molecule has 0 saturated carbocycles. The SMILES string of the molecule is CNC(=O)[C@@](S)(N(C(=O)CCCCNC(=O)C[As](C)C)C(=O)[C@@H](N)CC(C)C)C(C)(C)C. The van der Waals surface area contributed by atoms with Crippen LogP contribution < -0.4 is 16.4 Å². The van der Waals surface area contributed by atoms with Gasteiger partial charge in [0.15, 0.2) is 0 Å². The van der Waals surface area contributed by atoms with Crippen LogP contribution in [0.15, 0.2) is 0 Å². The summed E-state index contributed by atoms with van der Waals surface area (Å²) in [5.74, 6) is -1.46. The number of rotatable bonds is 12. The van der Waals surface area contributed by atoms with Gasteiger partial charge in [0.05, 0.1) is 0 Å². The Morgan fingerprint density at radius 1 is 1.09 bits per heavy atom. The van der Waals surface area contributed by atoms with Crippen LogP contribution in [0.2, 0.25) is 16.6 Å². The van der Waals surface area contributed by atoms with Crippen LogP contribution in [-0.4, -0.2) is 67.7 Å². The molecule has 0 aromatic rings. The molecule has 2 atom stereocenters. The fraction of sp³-hybridized carbons (Fsp3) is 0.818. The molecular formula is C22H43AsN4O4S. The van der Waals surface area contributed by atoms with Crippen LogP contribution in [0, 0.1) is 11.3 Å². The van der Waals surface area contributed by atoms with Gasteiger partial charge < -0.3 is 0 Å². The monoisotopic (exact) mass is 534 g/mol. The number of carbonyl (C=O) groups excluding carboxylic acids is 4. The summed E-state index contributed by atoms with van der Waals surface area (Å²) in [6.45, 7) is 9.60. The molecule has 0 aromatic heterocycles. The van der Waals surface area contributed by atoms with E-state index in [1.807, 2.05) is 13.8 Å². The van der Waals surface area contributed by atoms with E-state index in [-0.39, 0.29) is 18.2 Å². The Hall–Kier alpha value is -1.05. The van der Waals surface area contributed by atoms with E-state index in [4.69, 9.17) is 5.73 Å². The van der Waals surface area contributed by atoms with Crippen molar-refractivity contribution in [2.45, 2.75) is 87.8 Å². The molecule has 0 aromatic carbocycles. The second-order valence-electron chi connectivity index (χ2n) is 9.85. The Morgan fingerprint density at radius 3 is 2.09 bits per heavy atom. The Balaban J connectivity index is 5.57. The van der Waals surface area contributed by atoms with Crippen molar-refractivity contribution < 1.29 is 19.2 Å². The van der Waals surface area contributed by atoms with Gasteiger partial charge in [-0.3, -0.25) is 0 Å². The number of unbranched alkanes of at least 4 members (excludes halogenated alkanes) is 1. The molecule has 32 heavy (non-hydrogen) atoms. The van der Waals surface area contributed by atoms with E-state index >= 15 is 0 Å². The standard InChI is InChI=1S/C22H43AsN4O4S/c1-15(2)13-16(24)19(30)27(22(32,20(31)25-8)21(3,4)5)18(29)11-9-10-12-26-17(28)14-23(6)7/h15-16,32H,9-14,24H2,1-8H3,(H,25,31)(H,26,28)/t16-,22-/m0/s1. The van der Waals surface area contributed by atoms with Crippen LogP contribution in [0.1, 0.15) is 60.3 Å². The molecule has 0 rings (SSSR count). The van der Waals surface area contributed by atoms with Crippen LogP contribution in [0.4, 0.5) is 0 Å². The van der Waals surface area contributed by atoms with Gasteiger partial charge in [-0.1, -0.05) is 13.8 Å². The maximum atomic E-state index is 13.3. The van der Waals surface area contributed by atoms with Gasteiger partial charge in [0, 0.05) is 7.05 Å². The number of nitrogens with two attached hydrogens (primary N) is 1. The molecule has 0 fully saturated rings. The van der Waals surface area contributed by atoms with Crippen LogP contribution in [0.5, 0.6) is 0 Å². The first kappa shape index (κ1) is 30.9. The van der Waals surface area contributed by atoms with Gasteiger partial charge in [0.25, 0.3) is 0 Å². The molecule has 4 amide bonds. The molecule has 0 bridgehead atoms. The third-order valence-corrected chi connectivity index (χ3v) is 8.03. The Kier molecular flexibility index (Phi) is 13.2. The van der Waals surface area contributed by atoms with Crippen LogP contribution in [0.3, 0.4) is 0 Å². The summed E-state index contributed by atoms with van der Waals surface area (Å²) in [4.78, 5) is 50.5. The first-order chi connectivity index (χ1) is 14.6. The zero-order valence-electron chi connectivity index (χ0n) is 20.9. The van der Waals surface area contributed by atoms with Gasteiger partial charge in [-0.2, -0.15) is 0 Å². The summed E-state index contributed by atoms with van der Waals surface area (Å²) >= 11 is 3.59. The van der Waals surface area contributed by atoms with E-state index in [2.05, 4.69) is 34.7 Å². The molecule has 186 valence electrons. The van der Waals surface area contributed by atoms with Crippen molar-refractivity contribution in [3.63, 3.8) is 0 Å². The first-order valence-electron chi connectivity index (χ1n) is 11.1. The number of thiol groups is 1. The summed E-state index contributed by atoms with van der Waals surface area (Å²) in [6, 6.07) is -0.919. The second-order valence-corrected chi connectivity index (χ2v) is 15.7. The number of hydrogen-bond donors (Lipinski definition) is 4. The molecule has 0 saturated heterocycles. The summed E-state index contributed by atoms with van der Waals surface area (Å²) in [6.07, 6.45) is 1.48. The number of carbonyl (C=O) groups is 4. The molecule has 0 spiro atoms. The van der Waals surface area contributed by atoms with E-state index < -0.39 is 48.7 Å².